The second kappa shape index (κ2) is 9.55. The highest BCUT2D eigenvalue weighted by molar-refractivity contribution is 5.94. The molecule has 1 fully saturated rings. The van der Waals surface area contributed by atoms with Crippen LogP contribution in [0.25, 0.3) is 0 Å². The molecular formula is C22H32FN3O4. The van der Waals surface area contributed by atoms with Crippen LogP contribution in [-0.4, -0.2) is 47.5 Å². The van der Waals surface area contributed by atoms with Gasteiger partial charge in [-0.15, -0.1) is 0 Å². The van der Waals surface area contributed by atoms with Gasteiger partial charge in [-0.05, 0) is 48.8 Å². The first-order valence-corrected chi connectivity index (χ1v) is 10.2. The van der Waals surface area contributed by atoms with Crippen LogP contribution in [0.1, 0.15) is 52.0 Å². The molecule has 1 aliphatic heterocycles. The number of nitrogens with zero attached hydrogens (tertiary/aromatic N) is 1. The van der Waals surface area contributed by atoms with Gasteiger partial charge in [0, 0.05) is 20.0 Å². The van der Waals surface area contributed by atoms with Gasteiger partial charge >= 0.3 is 0 Å². The number of likely N-dealkylation sites (N-methyl/N-ethyl adjacent to an activating group) is 1. The number of aryl methyl sites for hydroxylation is 1. The van der Waals surface area contributed by atoms with Crippen LogP contribution in [0, 0.1) is 16.6 Å². The quantitative estimate of drug-likeness (QED) is 0.443. The van der Waals surface area contributed by atoms with E-state index < -0.39 is 22.8 Å². The number of halogens is 1. The molecule has 0 aliphatic carbocycles. The van der Waals surface area contributed by atoms with Gasteiger partial charge in [-0.2, -0.15) is 0 Å². The SMILES string of the molecule is CNC(=O)[C@H](N1CC[C@@](CCCc2ccc(F)cc2)(CC(=O)NO)C1=O)C(C)(C)C. The Hall–Kier alpha value is -2.48. The van der Waals surface area contributed by atoms with Crippen LogP contribution in [0.5, 0.6) is 0 Å². The largest absolute Gasteiger partial charge is 0.357 e. The number of rotatable bonds is 8. The highest BCUT2D eigenvalue weighted by Crippen LogP contribution is 2.43. The molecule has 8 heteroatoms. The zero-order chi connectivity index (χ0) is 22.5. The van der Waals surface area contributed by atoms with Crippen molar-refractivity contribution >= 4 is 17.7 Å². The number of carbonyl (C=O) groups excluding carboxylic acids is 3. The Balaban J connectivity index is 2.22. The summed E-state index contributed by atoms with van der Waals surface area (Å²) in [6.07, 6.45) is 1.95. The maximum atomic E-state index is 13.5. The molecule has 166 valence electrons. The topological polar surface area (TPSA) is 98.7 Å². The van der Waals surface area contributed by atoms with Crippen LogP contribution >= 0.6 is 0 Å². The molecule has 1 aliphatic rings. The predicted octanol–water partition coefficient (Wildman–Crippen LogP) is 2.42. The minimum absolute atomic E-state index is 0.146. The molecule has 30 heavy (non-hydrogen) atoms. The summed E-state index contributed by atoms with van der Waals surface area (Å²) in [7, 11) is 1.54. The third-order valence-corrected chi connectivity index (χ3v) is 5.83. The van der Waals surface area contributed by atoms with Gasteiger partial charge in [0.15, 0.2) is 0 Å². The monoisotopic (exact) mass is 421 g/mol. The standard InChI is InChI=1S/C22H32FN3O4/c1-21(2,3)18(19(28)24-4)26-13-12-22(20(26)29,14-17(27)25-30)11-5-6-15-7-9-16(23)10-8-15/h7-10,18,30H,5-6,11-14H2,1-4H3,(H,24,28)(H,25,27)/t18-,22-/m0/s1. The van der Waals surface area contributed by atoms with Gasteiger partial charge < -0.3 is 10.2 Å². The minimum Gasteiger partial charge on any atom is -0.357 e. The fraction of sp³-hybridized carbons (Fsp3) is 0.591. The Morgan fingerprint density at radius 2 is 1.90 bits per heavy atom. The summed E-state index contributed by atoms with van der Waals surface area (Å²) in [5, 5.41) is 11.7. The molecule has 2 atom stereocenters. The molecule has 0 aromatic heterocycles. The smallest absolute Gasteiger partial charge is 0.244 e. The predicted molar refractivity (Wildman–Crippen MR) is 110 cm³/mol. The summed E-state index contributed by atoms with van der Waals surface area (Å²) in [6.45, 7) is 6.06. The number of likely N-dealkylation sites (tertiary alicyclic amines) is 1. The molecule has 1 heterocycles. The van der Waals surface area contributed by atoms with Crippen molar-refractivity contribution in [3.8, 4) is 0 Å². The van der Waals surface area contributed by atoms with Crippen LogP contribution in [0.15, 0.2) is 24.3 Å². The third-order valence-electron chi connectivity index (χ3n) is 5.83. The molecule has 0 unspecified atom stereocenters. The second-order valence-corrected chi connectivity index (χ2v) is 9.10. The van der Waals surface area contributed by atoms with Crippen molar-refractivity contribution in [2.45, 2.75) is 58.9 Å². The van der Waals surface area contributed by atoms with E-state index in [1.54, 1.807) is 22.5 Å². The summed E-state index contributed by atoms with van der Waals surface area (Å²) in [6, 6.07) is 5.53. The van der Waals surface area contributed by atoms with E-state index in [2.05, 4.69) is 5.32 Å². The van der Waals surface area contributed by atoms with Gasteiger partial charge in [0.05, 0.1) is 5.41 Å². The Morgan fingerprint density at radius 1 is 1.27 bits per heavy atom. The summed E-state index contributed by atoms with van der Waals surface area (Å²) >= 11 is 0. The van der Waals surface area contributed by atoms with Crippen LogP contribution in [0.2, 0.25) is 0 Å². The van der Waals surface area contributed by atoms with Gasteiger partial charge in [0.2, 0.25) is 17.7 Å². The lowest BCUT2D eigenvalue weighted by atomic mass is 9.77. The number of hydrogen-bond acceptors (Lipinski definition) is 4. The van der Waals surface area contributed by atoms with E-state index in [1.165, 1.54) is 19.2 Å². The maximum Gasteiger partial charge on any atom is 0.244 e. The number of hydrogen-bond donors (Lipinski definition) is 3. The van der Waals surface area contributed by atoms with E-state index >= 15 is 0 Å². The number of carbonyl (C=O) groups is 3. The summed E-state index contributed by atoms with van der Waals surface area (Å²) in [5.74, 6) is -1.42. The molecule has 1 aromatic carbocycles. The maximum absolute atomic E-state index is 13.5. The fourth-order valence-electron chi connectivity index (χ4n) is 4.35. The van der Waals surface area contributed by atoms with E-state index in [0.717, 1.165) is 5.56 Å². The van der Waals surface area contributed by atoms with Crippen molar-refractivity contribution in [2.24, 2.45) is 10.8 Å². The third kappa shape index (κ3) is 5.36. The van der Waals surface area contributed by atoms with Crippen molar-refractivity contribution in [2.75, 3.05) is 13.6 Å². The molecule has 0 saturated carbocycles. The Kier molecular flexibility index (Phi) is 7.58. The molecule has 0 bridgehead atoms. The van der Waals surface area contributed by atoms with Gasteiger partial charge in [0.1, 0.15) is 11.9 Å². The van der Waals surface area contributed by atoms with Crippen molar-refractivity contribution in [3.63, 3.8) is 0 Å². The van der Waals surface area contributed by atoms with Crippen LogP contribution in [0.4, 0.5) is 4.39 Å². The minimum atomic E-state index is -0.982. The fourth-order valence-corrected chi connectivity index (χ4v) is 4.35. The summed E-state index contributed by atoms with van der Waals surface area (Å²) < 4.78 is 13.1. The number of amides is 3. The molecule has 2 rings (SSSR count). The first kappa shape index (κ1) is 23.8. The van der Waals surface area contributed by atoms with E-state index in [-0.39, 0.29) is 24.1 Å². The Morgan fingerprint density at radius 3 is 2.43 bits per heavy atom. The van der Waals surface area contributed by atoms with Crippen molar-refractivity contribution in [3.05, 3.63) is 35.6 Å². The number of nitrogens with one attached hydrogen (secondary N) is 2. The molecule has 1 aromatic rings. The van der Waals surface area contributed by atoms with E-state index in [0.29, 0.717) is 32.2 Å². The van der Waals surface area contributed by atoms with Crippen molar-refractivity contribution in [1.82, 2.24) is 15.7 Å². The number of hydroxylamine groups is 1. The molecule has 3 amide bonds. The Labute approximate surface area is 177 Å². The van der Waals surface area contributed by atoms with E-state index in [4.69, 9.17) is 5.21 Å². The highest BCUT2D eigenvalue weighted by Gasteiger charge is 2.52. The Bertz CT molecular complexity index is 776. The van der Waals surface area contributed by atoms with Gasteiger partial charge in [-0.25, -0.2) is 9.87 Å². The average molecular weight is 422 g/mol. The second-order valence-electron chi connectivity index (χ2n) is 9.10. The highest BCUT2D eigenvalue weighted by atomic mass is 19.1. The van der Waals surface area contributed by atoms with Gasteiger partial charge in [0.25, 0.3) is 0 Å². The average Bonchev–Trinajstić information content (AvgIpc) is 2.98. The normalized spacial score (nSPS) is 20.2. The number of benzene rings is 1. The lowest BCUT2D eigenvalue weighted by molar-refractivity contribution is -0.149. The van der Waals surface area contributed by atoms with E-state index in [1.807, 2.05) is 20.8 Å². The van der Waals surface area contributed by atoms with Gasteiger partial charge in [-0.1, -0.05) is 32.9 Å². The van der Waals surface area contributed by atoms with Crippen LogP contribution in [-0.2, 0) is 20.8 Å². The molecule has 3 N–H and O–H groups in total. The molecule has 0 spiro atoms. The summed E-state index contributed by atoms with van der Waals surface area (Å²) in [4.78, 5) is 39.6. The van der Waals surface area contributed by atoms with Crippen molar-refractivity contribution < 1.29 is 24.0 Å². The molecular weight excluding hydrogens is 389 g/mol. The lowest BCUT2D eigenvalue weighted by Crippen LogP contribution is -2.55. The molecule has 0 radical (unpaired) electrons. The molecule has 7 nitrogen and oxygen atoms in total. The zero-order valence-electron chi connectivity index (χ0n) is 18.1. The summed E-state index contributed by atoms with van der Waals surface area (Å²) in [5.41, 5.74) is 1.10. The molecule has 1 saturated heterocycles. The lowest BCUT2D eigenvalue weighted by Gasteiger charge is -2.37. The van der Waals surface area contributed by atoms with E-state index in [9.17, 15) is 18.8 Å². The van der Waals surface area contributed by atoms with Gasteiger partial charge in [-0.3, -0.25) is 19.6 Å². The van der Waals surface area contributed by atoms with Crippen LogP contribution < -0.4 is 10.8 Å². The first-order chi connectivity index (χ1) is 14.0. The van der Waals surface area contributed by atoms with Crippen molar-refractivity contribution in [1.29, 1.82) is 0 Å². The van der Waals surface area contributed by atoms with Crippen LogP contribution in [0.3, 0.4) is 0 Å². The first-order valence-electron chi connectivity index (χ1n) is 10.2. The zero-order valence-corrected chi connectivity index (χ0v) is 18.1.